The number of hydrogen-bond donors (Lipinski definition) is 1. The minimum Gasteiger partial charge on any atom is -0.478 e. The van der Waals surface area contributed by atoms with Gasteiger partial charge in [0.15, 0.2) is 5.76 Å². The number of oxazole rings is 1. The van der Waals surface area contributed by atoms with Crippen molar-refractivity contribution in [3.8, 4) is 43.9 Å². The van der Waals surface area contributed by atoms with Gasteiger partial charge < -0.3 is 9.52 Å². The zero-order valence-corrected chi connectivity index (χ0v) is 18.0. The Morgan fingerprint density at radius 1 is 0.844 bits per heavy atom. The summed E-state index contributed by atoms with van der Waals surface area (Å²) in [6.07, 6.45) is 1.69. The Morgan fingerprint density at radius 2 is 1.50 bits per heavy atom. The second-order valence-corrected chi connectivity index (χ2v) is 8.33. The summed E-state index contributed by atoms with van der Waals surface area (Å²) in [5.74, 6) is 0.202. The van der Waals surface area contributed by atoms with Crippen molar-refractivity contribution in [3.63, 3.8) is 0 Å². The third kappa shape index (κ3) is 4.03. The summed E-state index contributed by atoms with van der Waals surface area (Å²) in [7, 11) is 0. The summed E-state index contributed by atoms with van der Waals surface area (Å²) in [6, 6.07) is 21.7. The number of aromatic carboxylic acids is 1. The molecule has 2 heterocycles. The fourth-order valence-corrected chi connectivity index (χ4v) is 4.12. The number of carboxylic acids is 1. The topological polar surface area (TPSA) is 89.1 Å². The van der Waals surface area contributed by atoms with Crippen LogP contribution in [-0.2, 0) is 0 Å². The molecule has 8 heteroatoms. The van der Waals surface area contributed by atoms with Gasteiger partial charge in [-0.2, -0.15) is 0 Å². The summed E-state index contributed by atoms with van der Waals surface area (Å²) in [5.41, 5.74) is 3.65. The van der Waals surface area contributed by atoms with Gasteiger partial charge in [0.25, 0.3) is 0 Å². The molecule has 0 aliphatic heterocycles. The lowest BCUT2D eigenvalue weighted by molar-refractivity contribution is 0.0697. The van der Waals surface area contributed by atoms with E-state index in [0.29, 0.717) is 21.7 Å². The minimum atomic E-state index is -0.961. The molecule has 0 bridgehead atoms. The lowest BCUT2D eigenvalue weighted by Gasteiger charge is -2.00. The fraction of sp³-hybridized carbons (Fsp3) is 0. The quantitative estimate of drug-likeness (QED) is 0.320. The molecule has 0 fully saturated rings. The maximum absolute atomic E-state index is 11.0. The molecule has 0 saturated heterocycles. The fourth-order valence-electron chi connectivity index (χ4n) is 3.15. The molecule has 0 unspecified atom stereocenters. The molecule has 0 aliphatic carbocycles. The van der Waals surface area contributed by atoms with E-state index in [2.05, 4.69) is 15.2 Å². The molecule has 0 saturated carbocycles. The van der Waals surface area contributed by atoms with Crippen LogP contribution >= 0.6 is 22.9 Å². The predicted molar refractivity (Wildman–Crippen MR) is 124 cm³/mol. The Balaban J connectivity index is 1.41. The highest BCUT2D eigenvalue weighted by Gasteiger charge is 2.13. The van der Waals surface area contributed by atoms with E-state index < -0.39 is 5.97 Å². The highest BCUT2D eigenvalue weighted by molar-refractivity contribution is 7.17. The van der Waals surface area contributed by atoms with Gasteiger partial charge in [-0.05, 0) is 48.5 Å². The van der Waals surface area contributed by atoms with E-state index in [1.165, 1.54) is 11.3 Å². The molecule has 3 aromatic carbocycles. The molecule has 5 rings (SSSR count). The number of aromatic nitrogens is 3. The smallest absolute Gasteiger partial charge is 0.335 e. The highest BCUT2D eigenvalue weighted by Crippen LogP contribution is 2.33. The lowest BCUT2D eigenvalue weighted by Crippen LogP contribution is -1.94. The molecule has 6 nitrogen and oxygen atoms in total. The van der Waals surface area contributed by atoms with Crippen LogP contribution < -0.4 is 0 Å². The third-order valence-corrected chi connectivity index (χ3v) is 6.07. The average molecular weight is 460 g/mol. The van der Waals surface area contributed by atoms with Crippen molar-refractivity contribution in [1.82, 2.24) is 15.2 Å². The number of benzene rings is 3. The normalized spacial score (nSPS) is 10.9. The van der Waals surface area contributed by atoms with Crippen LogP contribution in [0.25, 0.3) is 43.9 Å². The van der Waals surface area contributed by atoms with E-state index in [1.54, 1.807) is 30.5 Å². The number of nitrogens with zero attached hydrogens (tertiary/aromatic N) is 3. The Labute approximate surface area is 191 Å². The van der Waals surface area contributed by atoms with E-state index in [-0.39, 0.29) is 5.56 Å². The Kier molecular flexibility index (Phi) is 5.26. The Bertz CT molecular complexity index is 1410. The predicted octanol–water partition coefficient (Wildman–Crippen LogP) is 6.55. The first-order valence-corrected chi connectivity index (χ1v) is 10.8. The summed E-state index contributed by atoms with van der Waals surface area (Å²) in [5, 5.41) is 19.7. The first kappa shape index (κ1) is 20.1. The van der Waals surface area contributed by atoms with E-state index in [0.717, 1.165) is 27.3 Å². The Hall–Kier alpha value is -3.81. The zero-order valence-electron chi connectivity index (χ0n) is 16.4. The molecule has 32 heavy (non-hydrogen) atoms. The second-order valence-electron chi connectivity index (χ2n) is 6.91. The van der Waals surface area contributed by atoms with Crippen molar-refractivity contribution in [2.24, 2.45) is 0 Å². The number of carbonyl (C=O) groups is 1. The summed E-state index contributed by atoms with van der Waals surface area (Å²) < 4.78 is 5.96. The first-order chi connectivity index (χ1) is 15.6. The van der Waals surface area contributed by atoms with Gasteiger partial charge in [-0.15, -0.1) is 10.2 Å². The van der Waals surface area contributed by atoms with Crippen molar-refractivity contribution >= 4 is 28.9 Å². The largest absolute Gasteiger partial charge is 0.478 e. The molecule has 0 radical (unpaired) electrons. The van der Waals surface area contributed by atoms with Crippen molar-refractivity contribution in [3.05, 3.63) is 89.6 Å². The molecule has 0 amide bonds. The standard InChI is InChI=1S/C24H14ClN3O3S/c25-19-10-8-14(9-11-19)20-13-26-21(31-20)17-2-1-3-18(12-17)23-28-27-22(32-23)15-4-6-16(7-5-15)24(29)30/h1-13H,(H,29,30). The number of rotatable bonds is 5. The van der Waals surface area contributed by atoms with Crippen LogP contribution in [0.5, 0.6) is 0 Å². The molecule has 0 aliphatic rings. The van der Waals surface area contributed by atoms with Gasteiger partial charge in [0.05, 0.1) is 11.8 Å². The van der Waals surface area contributed by atoms with Gasteiger partial charge in [-0.25, -0.2) is 9.78 Å². The van der Waals surface area contributed by atoms with Crippen molar-refractivity contribution < 1.29 is 14.3 Å². The molecule has 156 valence electrons. The van der Waals surface area contributed by atoms with Gasteiger partial charge in [-0.1, -0.05) is 47.2 Å². The van der Waals surface area contributed by atoms with Gasteiger partial charge in [0.1, 0.15) is 10.0 Å². The minimum absolute atomic E-state index is 0.232. The third-order valence-electron chi connectivity index (χ3n) is 4.79. The van der Waals surface area contributed by atoms with E-state index in [4.69, 9.17) is 21.1 Å². The molecule has 0 spiro atoms. The monoisotopic (exact) mass is 459 g/mol. The molecule has 0 atom stereocenters. The van der Waals surface area contributed by atoms with Crippen molar-refractivity contribution in [2.45, 2.75) is 0 Å². The van der Waals surface area contributed by atoms with Crippen LogP contribution in [0.15, 0.2) is 83.4 Å². The molecular formula is C24H14ClN3O3S. The summed E-state index contributed by atoms with van der Waals surface area (Å²) >= 11 is 7.38. The Morgan fingerprint density at radius 3 is 2.22 bits per heavy atom. The number of carboxylic acid groups (broad SMARTS) is 1. The van der Waals surface area contributed by atoms with E-state index >= 15 is 0 Å². The molecular weight excluding hydrogens is 446 g/mol. The summed E-state index contributed by atoms with van der Waals surface area (Å²) in [4.78, 5) is 15.5. The van der Waals surface area contributed by atoms with Crippen LogP contribution in [0.1, 0.15) is 10.4 Å². The van der Waals surface area contributed by atoms with Gasteiger partial charge in [0.2, 0.25) is 5.89 Å². The maximum Gasteiger partial charge on any atom is 0.335 e. The van der Waals surface area contributed by atoms with Gasteiger partial charge in [0, 0.05) is 27.3 Å². The van der Waals surface area contributed by atoms with Crippen LogP contribution in [0.2, 0.25) is 5.02 Å². The van der Waals surface area contributed by atoms with Crippen LogP contribution in [0, 0.1) is 0 Å². The highest BCUT2D eigenvalue weighted by atomic mass is 35.5. The SMILES string of the molecule is O=C(O)c1ccc(-c2nnc(-c3cccc(-c4ncc(-c5ccc(Cl)cc5)o4)c3)s2)cc1. The van der Waals surface area contributed by atoms with Gasteiger partial charge >= 0.3 is 5.97 Å². The lowest BCUT2D eigenvalue weighted by atomic mass is 10.1. The van der Waals surface area contributed by atoms with Crippen LogP contribution in [0.4, 0.5) is 0 Å². The van der Waals surface area contributed by atoms with Crippen molar-refractivity contribution in [1.29, 1.82) is 0 Å². The van der Waals surface area contributed by atoms with Crippen LogP contribution in [-0.4, -0.2) is 26.3 Å². The van der Waals surface area contributed by atoms with Gasteiger partial charge in [-0.3, -0.25) is 0 Å². The maximum atomic E-state index is 11.0. The second kappa shape index (κ2) is 8.37. The first-order valence-electron chi connectivity index (χ1n) is 9.57. The number of hydrogen-bond acceptors (Lipinski definition) is 6. The van der Waals surface area contributed by atoms with Crippen molar-refractivity contribution in [2.75, 3.05) is 0 Å². The zero-order chi connectivity index (χ0) is 22.1. The van der Waals surface area contributed by atoms with Crippen LogP contribution in [0.3, 0.4) is 0 Å². The molecule has 2 aromatic heterocycles. The average Bonchev–Trinajstić information content (AvgIpc) is 3.50. The molecule has 1 N–H and O–H groups in total. The van der Waals surface area contributed by atoms with E-state index in [1.807, 2.05) is 48.5 Å². The van der Waals surface area contributed by atoms with E-state index in [9.17, 15) is 4.79 Å². The summed E-state index contributed by atoms with van der Waals surface area (Å²) in [6.45, 7) is 0. The molecule has 5 aromatic rings. The number of halogens is 1.